The standard InChI is InChI=1S/C17H18F3NO3/c1-2-21-6-5-16(8-14(22)23)13(9-21)11-4-3-10(17(18,19)20)7-12(11)15(16)24/h3-4,7,13H,2,5-6,8-9H2,1H3,(H,22,23). The van der Waals surface area contributed by atoms with Crippen LogP contribution in [-0.2, 0) is 11.0 Å². The Morgan fingerprint density at radius 1 is 1.42 bits per heavy atom. The molecule has 1 aliphatic carbocycles. The van der Waals surface area contributed by atoms with Crippen molar-refractivity contribution in [2.45, 2.75) is 31.9 Å². The number of benzene rings is 1. The molecule has 1 fully saturated rings. The van der Waals surface area contributed by atoms with Crippen molar-refractivity contribution < 1.29 is 27.9 Å². The zero-order chi connectivity index (χ0) is 17.7. The molecule has 0 aromatic heterocycles. The highest BCUT2D eigenvalue weighted by Crippen LogP contribution is 2.54. The van der Waals surface area contributed by atoms with Crippen molar-refractivity contribution >= 4 is 11.8 Å². The van der Waals surface area contributed by atoms with E-state index >= 15 is 0 Å². The van der Waals surface area contributed by atoms with Gasteiger partial charge < -0.3 is 10.0 Å². The minimum atomic E-state index is -4.53. The monoisotopic (exact) mass is 341 g/mol. The Labute approximate surface area is 137 Å². The molecule has 0 bridgehead atoms. The maximum Gasteiger partial charge on any atom is 0.416 e. The van der Waals surface area contributed by atoms with E-state index < -0.39 is 28.9 Å². The van der Waals surface area contributed by atoms with Crippen LogP contribution in [0.5, 0.6) is 0 Å². The molecule has 1 aliphatic heterocycles. The molecule has 7 heteroatoms. The molecule has 130 valence electrons. The fourth-order valence-corrected chi connectivity index (χ4v) is 4.07. The Hall–Kier alpha value is -1.89. The minimum absolute atomic E-state index is 0.0361. The first-order chi connectivity index (χ1) is 11.2. The highest BCUT2D eigenvalue weighted by molar-refractivity contribution is 6.07. The molecule has 24 heavy (non-hydrogen) atoms. The summed E-state index contributed by atoms with van der Waals surface area (Å²) in [5, 5.41) is 9.27. The summed E-state index contributed by atoms with van der Waals surface area (Å²) in [6.07, 6.45) is -4.52. The van der Waals surface area contributed by atoms with Crippen molar-refractivity contribution in [3.63, 3.8) is 0 Å². The molecule has 1 heterocycles. The van der Waals surface area contributed by atoms with Gasteiger partial charge in [-0.05, 0) is 37.2 Å². The third-order valence-corrected chi connectivity index (χ3v) is 5.35. The van der Waals surface area contributed by atoms with E-state index in [9.17, 15) is 27.9 Å². The number of piperidine rings is 1. The van der Waals surface area contributed by atoms with Crippen molar-refractivity contribution in [3.05, 3.63) is 34.9 Å². The Morgan fingerprint density at radius 2 is 2.12 bits per heavy atom. The molecule has 1 aromatic carbocycles. The Morgan fingerprint density at radius 3 is 2.71 bits per heavy atom. The van der Waals surface area contributed by atoms with Crippen LogP contribution in [0, 0.1) is 5.41 Å². The summed E-state index contributed by atoms with van der Waals surface area (Å²) in [6, 6.07) is 3.22. The first-order valence-corrected chi connectivity index (χ1v) is 7.89. The maximum atomic E-state index is 13.0. The van der Waals surface area contributed by atoms with Crippen LogP contribution in [0.15, 0.2) is 18.2 Å². The van der Waals surface area contributed by atoms with E-state index in [1.165, 1.54) is 6.07 Å². The molecule has 0 saturated carbocycles. The molecule has 1 N–H and O–H groups in total. The van der Waals surface area contributed by atoms with Gasteiger partial charge in [0, 0.05) is 18.0 Å². The van der Waals surface area contributed by atoms with E-state index in [0.29, 0.717) is 25.1 Å². The second-order valence-electron chi connectivity index (χ2n) is 6.55. The van der Waals surface area contributed by atoms with Crippen LogP contribution >= 0.6 is 0 Å². The number of carboxylic acids is 1. The molecule has 2 aliphatic rings. The van der Waals surface area contributed by atoms with E-state index in [4.69, 9.17) is 0 Å². The molecule has 1 aromatic rings. The van der Waals surface area contributed by atoms with Crippen molar-refractivity contribution in [2.24, 2.45) is 5.41 Å². The van der Waals surface area contributed by atoms with Gasteiger partial charge in [-0.1, -0.05) is 13.0 Å². The zero-order valence-corrected chi connectivity index (χ0v) is 13.2. The fraction of sp³-hybridized carbons (Fsp3) is 0.529. The van der Waals surface area contributed by atoms with Gasteiger partial charge in [0.2, 0.25) is 0 Å². The number of hydrogen-bond acceptors (Lipinski definition) is 3. The smallest absolute Gasteiger partial charge is 0.416 e. The van der Waals surface area contributed by atoms with Gasteiger partial charge in [-0.3, -0.25) is 9.59 Å². The SMILES string of the molecule is CCN1CCC2(CC(=O)O)C(=O)c3cc(C(F)(F)F)ccc3C2C1. The van der Waals surface area contributed by atoms with E-state index in [0.717, 1.165) is 18.7 Å². The highest BCUT2D eigenvalue weighted by atomic mass is 19.4. The first kappa shape index (κ1) is 17.0. The number of hydrogen-bond donors (Lipinski definition) is 1. The molecule has 2 atom stereocenters. The molecule has 3 rings (SSSR count). The lowest BCUT2D eigenvalue weighted by atomic mass is 9.68. The Bertz CT molecular complexity index is 701. The van der Waals surface area contributed by atoms with Crippen molar-refractivity contribution in [3.8, 4) is 0 Å². The van der Waals surface area contributed by atoms with Crippen LogP contribution in [0.3, 0.4) is 0 Å². The third kappa shape index (κ3) is 2.51. The van der Waals surface area contributed by atoms with Gasteiger partial charge in [0.25, 0.3) is 0 Å². The molecule has 4 nitrogen and oxygen atoms in total. The quantitative estimate of drug-likeness (QED) is 0.917. The second-order valence-corrected chi connectivity index (χ2v) is 6.55. The summed E-state index contributed by atoms with van der Waals surface area (Å²) >= 11 is 0. The predicted octanol–water partition coefficient (Wildman–Crippen LogP) is 3.17. The van der Waals surface area contributed by atoms with Crippen molar-refractivity contribution in [1.29, 1.82) is 0 Å². The largest absolute Gasteiger partial charge is 0.481 e. The second kappa shape index (κ2) is 5.58. The van der Waals surface area contributed by atoms with Crippen LogP contribution in [0.2, 0.25) is 0 Å². The van der Waals surface area contributed by atoms with Gasteiger partial charge >= 0.3 is 12.1 Å². The van der Waals surface area contributed by atoms with E-state index in [1.807, 2.05) is 6.92 Å². The number of Topliss-reactive ketones (excluding diaryl/α,β-unsaturated/α-hetero) is 1. The number of aliphatic carboxylic acids is 1. The summed E-state index contributed by atoms with van der Waals surface area (Å²) in [4.78, 5) is 26.3. The van der Waals surface area contributed by atoms with Crippen LogP contribution in [-0.4, -0.2) is 41.4 Å². The van der Waals surface area contributed by atoms with Gasteiger partial charge in [-0.25, -0.2) is 0 Å². The number of fused-ring (bicyclic) bond motifs is 3. The highest BCUT2D eigenvalue weighted by Gasteiger charge is 2.56. The third-order valence-electron chi connectivity index (χ3n) is 5.35. The predicted molar refractivity (Wildman–Crippen MR) is 79.9 cm³/mol. The summed E-state index contributed by atoms with van der Waals surface area (Å²) in [7, 11) is 0. The molecular weight excluding hydrogens is 323 g/mol. The average Bonchev–Trinajstić information content (AvgIpc) is 2.74. The van der Waals surface area contributed by atoms with Crippen LogP contribution < -0.4 is 0 Å². The topological polar surface area (TPSA) is 57.6 Å². The average molecular weight is 341 g/mol. The molecule has 2 unspecified atom stereocenters. The lowest BCUT2D eigenvalue weighted by Crippen LogP contribution is -2.47. The molecule has 0 spiro atoms. The number of likely N-dealkylation sites (tertiary alicyclic amines) is 1. The van der Waals surface area contributed by atoms with E-state index in [1.54, 1.807) is 0 Å². The molecule has 1 saturated heterocycles. The number of nitrogens with zero attached hydrogens (tertiary/aromatic N) is 1. The van der Waals surface area contributed by atoms with Crippen LogP contribution in [0.25, 0.3) is 0 Å². The number of likely N-dealkylation sites (N-methyl/N-ethyl adjacent to an activating group) is 1. The van der Waals surface area contributed by atoms with Gasteiger partial charge in [-0.2, -0.15) is 13.2 Å². The van der Waals surface area contributed by atoms with Gasteiger partial charge in [0.05, 0.1) is 17.4 Å². The van der Waals surface area contributed by atoms with Crippen molar-refractivity contribution in [1.82, 2.24) is 4.90 Å². The zero-order valence-electron chi connectivity index (χ0n) is 13.2. The van der Waals surface area contributed by atoms with Gasteiger partial charge in [-0.15, -0.1) is 0 Å². The Kier molecular flexibility index (Phi) is 3.94. The number of carboxylic acid groups (broad SMARTS) is 1. The number of rotatable bonds is 3. The van der Waals surface area contributed by atoms with Crippen molar-refractivity contribution in [2.75, 3.05) is 19.6 Å². The summed E-state index contributed by atoms with van der Waals surface area (Å²) in [6.45, 7) is 3.79. The number of alkyl halides is 3. The van der Waals surface area contributed by atoms with Gasteiger partial charge in [0.15, 0.2) is 5.78 Å². The Balaban J connectivity index is 2.10. The maximum absolute atomic E-state index is 13.0. The van der Waals surface area contributed by atoms with E-state index in [-0.39, 0.29) is 17.9 Å². The first-order valence-electron chi connectivity index (χ1n) is 7.89. The minimum Gasteiger partial charge on any atom is -0.481 e. The van der Waals surface area contributed by atoms with Crippen LogP contribution in [0.4, 0.5) is 13.2 Å². The summed E-state index contributed by atoms with van der Waals surface area (Å²) in [5.74, 6) is -1.92. The van der Waals surface area contributed by atoms with Gasteiger partial charge in [0.1, 0.15) is 0 Å². The van der Waals surface area contributed by atoms with E-state index in [2.05, 4.69) is 4.90 Å². The van der Waals surface area contributed by atoms with Crippen LogP contribution in [0.1, 0.15) is 47.2 Å². The normalized spacial score (nSPS) is 27.0. The molecule has 0 radical (unpaired) electrons. The lowest BCUT2D eigenvalue weighted by molar-refractivity contribution is -0.140. The number of halogens is 3. The fourth-order valence-electron chi connectivity index (χ4n) is 4.07. The summed E-state index contributed by atoms with van der Waals surface area (Å²) in [5.41, 5.74) is -1.41. The summed E-state index contributed by atoms with van der Waals surface area (Å²) < 4.78 is 38.9. The molecular formula is C17H18F3NO3. The lowest BCUT2D eigenvalue weighted by Gasteiger charge is -2.42. The number of ketones is 1. The molecule has 0 amide bonds. The number of carbonyl (C=O) groups excluding carboxylic acids is 1. The number of carbonyl (C=O) groups is 2.